The second-order valence-corrected chi connectivity index (χ2v) is 6.00. The highest BCUT2D eigenvalue weighted by Gasteiger charge is 2.19. The molecule has 1 aliphatic carbocycles. The number of amides is 1. The van der Waals surface area contributed by atoms with E-state index >= 15 is 0 Å². The zero-order chi connectivity index (χ0) is 15.2. The van der Waals surface area contributed by atoms with E-state index in [4.69, 9.17) is 10.5 Å². The second-order valence-electron chi connectivity index (χ2n) is 6.00. The molecule has 0 saturated heterocycles. The average molecular weight is 290 g/mol. The molecule has 0 radical (unpaired) electrons. The zero-order valence-corrected chi connectivity index (χ0v) is 13.0. The van der Waals surface area contributed by atoms with Crippen LogP contribution in [0.3, 0.4) is 0 Å². The molecule has 2 unspecified atom stereocenters. The van der Waals surface area contributed by atoms with Crippen LogP contribution in [-0.4, -0.2) is 18.1 Å². The van der Waals surface area contributed by atoms with Crippen LogP contribution >= 0.6 is 0 Å². The molecular weight excluding hydrogens is 264 g/mol. The summed E-state index contributed by atoms with van der Waals surface area (Å²) in [6.45, 7) is 4.18. The fourth-order valence-corrected chi connectivity index (χ4v) is 2.53. The molecule has 3 N–H and O–H groups in total. The quantitative estimate of drug-likeness (QED) is 0.846. The third-order valence-electron chi connectivity index (χ3n) is 4.22. The number of para-hydroxylation sites is 1. The summed E-state index contributed by atoms with van der Waals surface area (Å²) in [6, 6.07) is 7.78. The van der Waals surface area contributed by atoms with Crippen LogP contribution in [0, 0.1) is 5.92 Å². The molecular formula is C17H26N2O2. The molecule has 1 saturated carbocycles. The molecule has 4 nitrogen and oxygen atoms in total. The van der Waals surface area contributed by atoms with Crippen LogP contribution in [0.4, 0.5) is 0 Å². The van der Waals surface area contributed by atoms with Crippen molar-refractivity contribution in [3.8, 4) is 5.75 Å². The van der Waals surface area contributed by atoms with E-state index in [9.17, 15) is 4.79 Å². The van der Waals surface area contributed by atoms with Gasteiger partial charge in [-0.15, -0.1) is 0 Å². The number of carbonyl (C=O) groups is 1. The molecule has 0 heterocycles. The number of rotatable bonds is 6. The lowest BCUT2D eigenvalue weighted by molar-refractivity contribution is -0.125. The van der Waals surface area contributed by atoms with Crippen LogP contribution < -0.4 is 15.8 Å². The van der Waals surface area contributed by atoms with Crippen molar-refractivity contribution >= 4 is 5.91 Å². The number of hydrogen-bond donors (Lipinski definition) is 2. The Labute approximate surface area is 127 Å². The SMILES string of the molecule is CC(N)C(C)C(=O)NCc1ccccc1OC1CCCC1. The number of nitrogens with two attached hydrogens (primary N) is 1. The van der Waals surface area contributed by atoms with Crippen molar-refractivity contribution in [3.05, 3.63) is 29.8 Å². The van der Waals surface area contributed by atoms with E-state index in [1.807, 2.05) is 38.1 Å². The standard InChI is InChI=1S/C17H26N2O2/c1-12(13(2)18)17(20)19-11-14-7-3-6-10-16(14)21-15-8-4-5-9-15/h3,6-7,10,12-13,15H,4-5,8-9,11,18H2,1-2H3,(H,19,20). The second kappa shape index (κ2) is 7.46. The molecule has 116 valence electrons. The molecule has 4 heteroatoms. The predicted molar refractivity (Wildman–Crippen MR) is 84.0 cm³/mol. The number of carbonyl (C=O) groups excluding carboxylic acids is 1. The first-order chi connectivity index (χ1) is 10.1. The van der Waals surface area contributed by atoms with Crippen molar-refractivity contribution in [2.24, 2.45) is 11.7 Å². The fourth-order valence-electron chi connectivity index (χ4n) is 2.53. The molecule has 21 heavy (non-hydrogen) atoms. The van der Waals surface area contributed by atoms with Crippen LogP contribution in [0.5, 0.6) is 5.75 Å². The average Bonchev–Trinajstić information content (AvgIpc) is 2.98. The number of benzene rings is 1. The molecule has 0 spiro atoms. The highest BCUT2D eigenvalue weighted by atomic mass is 16.5. The lowest BCUT2D eigenvalue weighted by Crippen LogP contribution is -2.38. The smallest absolute Gasteiger partial charge is 0.224 e. The Morgan fingerprint density at radius 3 is 2.67 bits per heavy atom. The van der Waals surface area contributed by atoms with Crippen molar-refractivity contribution in [2.45, 2.75) is 58.2 Å². The van der Waals surface area contributed by atoms with Gasteiger partial charge in [-0.05, 0) is 38.7 Å². The lowest BCUT2D eigenvalue weighted by atomic mass is 10.0. The maximum atomic E-state index is 12.0. The van der Waals surface area contributed by atoms with Gasteiger partial charge in [0.15, 0.2) is 0 Å². The monoisotopic (exact) mass is 290 g/mol. The van der Waals surface area contributed by atoms with E-state index in [1.54, 1.807) is 0 Å². The van der Waals surface area contributed by atoms with Crippen molar-refractivity contribution in [2.75, 3.05) is 0 Å². The van der Waals surface area contributed by atoms with Crippen LogP contribution in [0.1, 0.15) is 45.1 Å². The molecule has 1 aliphatic rings. The number of nitrogens with one attached hydrogen (secondary N) is 1. The van der Waals surface area contributed by atoms with Crippen molar-refractivity contribution in [1.29, 1.82) is 0 Å². The Bertz CT molecular complexity index is 468. The lowest BCUT2D eigenvalue weighted by Gasteiger charge is -2.18. The summed E-state index contributed by atoms with van der Waals surface area (Å²) in [6.07, 6.45) is 5.07. The van der Waals surface area contributed by atoms with Gasteiger partial charge >= 0.3 is 0 Å². The van der Waals surface area contributed by atoms with Crippen molar-refractivity contribution in [3.63, 3.8) is 0 Å². The largest absolute Gasteiger partial charge is 0.490 e. The molecule has 2 atom stereocenters. The molecule has 0 bridgehead atoms. The summed E-state index contributed by atoms with van der Waals surface area (Å²) in [7, 11) is 0. The highest BCUT2D eigenvalue weighted by molar-refractivity contribution is 5.78. The summed E-state index contributed by atoms with van der Waals surface area (Å²) in [5.41, 5.74) is 6.78. The van der Waals surface area contributed by atoms with Crippen LogP contribution in [0.2, 0.25) is 0 Å². The zero-order valence-electron chi connectivity index (χ0n) is 13.0. The molecule has 1 fully saturated rings. The molecule has 0 aromatic heterocycles. The topological polar surface area (TPSA) is 64.4 Å². The Hall–Kier alpha value is -1.55. The number of hydrogen-bond acceptors (Lipinski definition) is 3. The van der Waals surface area contributed by atoms with Gasteiger partial charge < -0.3 is 15.8 Å². The maximum absolute atomic E-state index is 12.0. The third-order valence-corrected chi connectivity index (χ3v) is 4.22. The van der Waals surface area contributed by atoms with Crippen LogP contribution in [0.15, 0.2) is 24.3 Å². The fraction of sp³-hybridized carbons (Fsp3) is 0.588. The first kappa shape index (κ1) is 15.8. The molecule has 2 rings (SSSR count). The highest BCUT2D eigenvalue weighted by Crippen LogP contribution is 2.26. The van der Waals surface area contributed by atoms with Crippen molar-refractivity contribution < 1.29 is 9.53 Å². The first-order valence-corrected chi connectivity index (χ1v) is 7.85. The first-order valence-electron chi connectivity index (χ1n) is 7.85. The Kier molecular flexibility index (Phi) is 5.62. The van der Waals surface area contributed by atoms with E-state index in [2.05, 4.69) is 5.32 Å². The number of ether oxygens (including phenoxy) is 1. The van der Waals surface area contributed by atoms with Gasteiger partial charge in [-0.3, -0.25) is 4.79 Å². The predicted octanol–water partition coefficient (Wildman–Crippen LogP) is 2.61. The Morgan fingerprint density at radius 1 is 1.33 bits per heavy atom. The molecule has 1 aromatic carbocycles. The van der Waals surface area contributed by atoms with Gasteiger partial charge in [-0.25, -0.2) is 0 Å². The molecule has 0 aliphatic heterocycles. The van der Waals surface area contributed by atoms with E-state index in [0.29, 0.717) is 12.6 Å². The van der Waals surface area contributed by atoms with Gasteiger partial charge in [0, 0.05) is 24.1 Å². The van der Waals surface area contributed by atoms with Gasteiger partial charge in [0.05, 0.1) is 6.10 Å². The minimum Gasteiger partial charge on any atom is -0.490 e. The van der Waals surface area contributed by atoms with Gasteiger partial charge in [0.25, 0.3) is 0 Å². The van der Waals surface area contributed by atoms with E-state index in [1.165, 1.54) is 12.8 Å². The van der Waals surface area contributed by atoms with Gasteiger partial charge in [0.2, 0.25) is 5.91 Å². The van der Waals surface area contributed by atoms with E-state index < -0.39 is 0 Å². The summed E-state index contributed by atoms with van der Waals surface area (Å²) in [4.78, 5) is 12.0. The molecule has 1 amide bonds. The van der Waals surface area contributed by atoms with Gasteiger partial charge in [-0.1, -0.05) is 25.1 Å². The minimum atomic E-state index is -0.187. The minimum absolute atomic E-state index is 0.0133. The van der Waals surface area contributed by atoms with Crippen molar-refractivity contribution in [1.82, 2.24) is 5.32 Å². The summed E-state index contributed by atoms with van der Waals surface area (Å²) in [5, 5.41) is 2.95. The summed E-state index contributed by atoms with van der Waals surface area (Å²) < 4.78 is 6.07. The molecule has 1 aromatic rings. The van der Waals surface area contributed by atoms with Gasteiger partial charge in [-0.2, -0.15) is 0 Å². The van der Waals surface area contributed by atoms with E-state index in [-0.39, 0.29) is 17.9 Å². The van der Waals surface area contributed by atoms with Gasteiger partial charge in [0.1, 0.15) is 5.75 Å². The third kappa shape index (κ3) is 4.46. The summed E-state index contributed by atoms with van der Waals surface area (Å²) in [5.74, 6) is 0.687. The summed E-state index contributed by atoms with van der Waals surface area (Å²) >= 11 is 0. The Balaban J connectivity index is 1.94. The van der Waals surface area contributed by atoms with Crippen LogP contribution in [0.25, 0.3) is 0 Å². The van der Waals surface area contributed by atoms with E-state index in [0.717, 1.165) is 24.2 Å². The Morgan fingerprint density at radius 2 is 2.00 bits per heavy atom. The normalized spacial score (nSPS) is 18.2. The van der Waals surface area contributed by atoms with Crippen LogP contribution in [-0.2, 0) is 11.3 Å². The maximum Gasteiger partial charge on any atom is 0.224 e.